The minimum atomic E-state index is -0.322. The van der Waals surface area contributed by atoms with Crippen molar-refractivity contribution >= 4 is 11.7 Å². The minimum Gasteiger partial charge on any atom is -0.463 e. The number of aryl methyl sites for hydroxylation is 1. The summed E-state index contributed by atoms with van der Waals surface area (Å²) in [7, 11) is 0. The Morgan fingerprint density at radius 3 is 2.76 bits per heavy atom. The number of furan rings is 1. The normalized spacial score (nSPS) is 14.0. The molecule has 1 aliphatic rings. The Balaban J connectivity index is 1.55. The van der Waals surface area contributed by atoms with Crippen LogP contribution in [0.25, 0.3) is 17.4 Å². The van der Waals surface area contributed by atoms with Crippen molar-refractivity contribution in [3.05, 3.63) is 82.0 Å². The van der Waals surface area contributed by atoms with E-state index in [-0.39, 0.29) is 23.3 Å². The largest absolute Gasteiger partial charge is 0.463 e. The van der Waals surface area contributed by atoms with E-state index in [1.807, 2.05) is 37.3 Å². The predicted molar refractivity (Wildman–Crippen MR) is 124 cm³/mol. The number of hydrogen-bond acceptors (Lipinski definition) is 5. The summed E-state index contributed by atoms with van der Waals surface area (Å²) in [4.78, 5) is 33.5. The summed E-state index contributed by atoms with van der Waals surface area (Å²) in [5.41, 5.74) is 2.85. The van der Waals surface area contributed by atoms with E-state index >= 15 is 0 Å². The molecule has 1 aliphatic carbocycles. The van der Waals surface area contributed by atoms with Gasteiger partial charge in [0.05, 0.1) is 17.9 Å². The number of H-pyrrole nitrogens is 1. The minimum absolute atomic E-state index is 0.155. The molecule has 0 saturated heterocycles. The van der Waals surface area contributed by atoms with Crippen molar-refractivity contribution in [3.8, 4) is 17.4 Å². The van der Waals surface area contributed by atoms with E-state index in [1.165, 1.54) is 4.68 Å². The molecule has 1 aromatic carbocycles. The number of nitrogens with zero attached hydrogens (tertiary/aromatic N) is 3. The van der Waals surface area contributed by atoms with Gasteiger partial charge in [0, 0.05) is 11.6 Å². The summed E-state index contributed by atoms with van der Waals surface area (Å²) >= 11 is 0. The van der Waals surface area contributed by atoms with Crippen molar-refractivity contribution < 1.29 is 9.21 Å². The third-order valence-electron chi connectivity index (χ3n) is 6.04. The fraction of sp³-hybridized carbons (Fsp3) is 0.280. The lowest BCUT2D eigenvalue weighted by Crippen LogP contribution is -2.26. The highest BCUT2D eigenvalue weighted by Crippen LogP contribution is 2.27. The summed E-state index contributed by atoms with van der Waals surface area (Å²) in [5.74, 6) is 0.772. The molecule has 2 N–H and O–H groups in total. The molecular weight excluding hydrogens is 418 g/mol. The van der Waals surface area contributed by atoms with Gasteiger partial charge in [-0.25, -0.2) is 4.98 Å². The molecule has 0 spiro atoms. The van der Waals surface area contributed by atoms with E-state index in [0.717, 1.165) is 42.5 Å². The van der Waals surface area contributed by atoms with Crippen molar-refractivity contribution in [2.45, 2.75) is 44.9 Å². The van der Waals surface area contributed by atoms with Gasteiger partial charge in [0.15, 0.2) is 5.76 Å². The zero-order valence-corrected chi connectivity index (χ0v) is 18.4. The number of nitrogens with one attached hydrogen (secondary N) is 2. The molecule has 1 atom stereocenters. The van der Waals surface area contributed by atoms with E-state index in [4.69, 9.17) is 9.40 Å². The van der Waals surface area contributed by atoms with Crippen LogP contribution in [0.4, 0.5) is 5.82 Å². The maximum atomic E-state index is 13.3. The van der Waals surface area contributed by atoms with E-state index in [0.29, 0.717) is 23.7 Å². The summed E-state index contributed by atoms with van der Waals surface area (Å²) in [6, 6.07) is 15.0. The monoisotopic (exact) mass is 443 g/mol. The molecule has 8 heteroatoms. The number of rotatable bonds is 6. The molecule has 0 aliphatic heterocycles. The van der Waals surface area contributed by atoms with Crippen LogP contribution >= 0.6 is 0 Å². The van der Waals surface area contributed by atoms with Gasteiger partial charge in [-0.05, 0) is 49.8 Å². The number of fused-ring (bicyclic) bond motifs is 1. The predicted octanol–water partition coefficient (Wildman–Crippen LogP) is 4.23. The van der Waals surface area contributed by atoms with Gasteiger partial charge in [0.1, 0.15) is 11.5 Å². The van der Waals surface area contributed by atoms with E-state index in [9.17, 15) is 9.59 Å². The zero-order valence-electron chi connectivity index (χ0n) is 18.4. The fourth-order valence-electron chi connectivity index (χ4n) is 4.34. The zero-order chi connectivity index (χ0) is 22.8. The average Bonchev–Trinajstić information content (AvgIpc) is 3.51. The first-order chi connectivity index (χ1) is 16.1. The number of hydrogen-bond donors (Lipinski definition) is 2. The van der Waals surface area contributed by atoms with Gasteiger partial charge in [0.25, 0.3) is 5.56 Å². The number of benzene rings is 1. The smallest absolute Gasteiger partial charge is 0.255 e. The van der Waals surface area contributed by atoms with Gasteiger partial charge >= 0.3 is 0 Å². The molecule has 33 heavy (non-hydrogen) atoms. The number of amides is 1. The van der Waals surface area contributed by atoms with Crippen LogP contribution in [0, 0.1) is 0 Å². The Labute approximate surface area is 190 Å². The Morgan fingerprint density at radius 1 is 1.18 bits per heavy atom. The van der Waals surface area contributed by atoms with Crippen LogP contribution in [0.1, 0.15) is 48.9 Å². The molecule has 1 amide bonds. The van der Waals surface area contributed by atoms with Crippen LogP contribution in [0.3, 0.4) is 0 Å². The Hall–Kier alpha value is -3.94. The topological polar surface area (TPSA) is 106 Å². The molecule has 8 nitrogen and oxygen atoms in total. The highest BCUT2D eigenvalue weighted by atomic mass is 16.3. The SMILES string of the molecule is CCC(C(=O)Nc1cc(-c2ccco2)nn1-c1nc2c(c(=O)[nH]1)CCCC2)c1ccccc1. The van der Waals surface area contributed by atoms with Crippen LogP contribution < -0.4 is 10.9 Å². The molecule has 0 saturated carbocycles. The van der Waals surface area contributed by atoms with Crippen molar-refractivity contribution in [2.75, 3.05) is 5.32 Å². The molecule has 4 aromatic rings. The van der Waals surface area contributed by atoms with E-state index in [1.54, 1.807) is 24.5 Å². The average molecular weight is 444 g/mol. The number of carbonyl (C=O) groups is 1. The number of aromatic amines is 1. The lowest BCUT2D eigenvalue weighted by Gasteiger charge is -2.17. The second-order valence-corrected chi connectivity index (χ2v) is 8.19. The molecule has 3 heterocycles. The molecule has 0 bridgehead atoms. The molecule has 3 aromatic heterocycles. The second-order valence-electron chi connectivity index (χ2n) is 8.19. The van der Waals surface area contributed by atoms with Gasteiger partial charge in [-0.2, -0.15) is 9.78 Å². The highest BCUT2D eigenvalue weighted by molar-refractivity contribution is 5.95. The van der Waals surface area contributed by atoms with Crippen molar-refractivity contribution in [1.82, 2.24) is 19.7 Å². The van der Waals surface area contributed by atoms with Gasteiger partial charge in [-0.3, -0.25) is 14.6 Å². The summed E-state index contributed by atoms with van der Waals surface area (Å²) in [6.45, 7) is 1.98. The Morgan fingerprint density at radius 2 is 2.00 bits per heavy atom. The van der Waals surface area contributed by atoms with Crippen LogP contribution in [-0.4, -0.2) is 25.7 Å². The lowest BCUT2D eigenvalue weighted by atomic mass is 9.96. The lowest BCUT2D eigenvalue weighted by molar-refractivity contribution is -0.117. The summed E-state index contributed by atoms with van der Waals surface area (Å²) in [5, 5.41) is 7.60. The summed E-state index contributed by atoms with van der Waals surface area (Å²) in [6.07, 6.45) is 5.68. The number of aromatic nitrogens is 4. The van der Waals surface area contributed by atoms with E-state index < -0.39 is 0 Å². The Kier molecular flexibility index (Phi) is 5.64. The van der Waals surface area contributed by atoms with Crippen molar-refractivity contribution in [2.24, 2.45) is 0 Å². The van der Waals surface area contributed by atoms with Gasteiger partial charge in [-0.1, -0.05) is 37.3 Å². The summed E-state index contributed by atoms with van der Waals surface area (Å²) < 4.78 is 6.98. The highest BCUT2D eigenvalue weighted by Gasteiger charge is 2.23. The fourth-order valence-corrected chi connectivity index (χ4v) is 4.34. The first-order valence-electron chi connectivity index (χ1n) is 11.3. The molecule has 168 valence electrons. The third kappa shape index (κ3) is 4.11. The molecule has 0 fully saturated rings. The maximum Gasteiger partial charge on any atom is 0.255 e. The standard InChI is InChI=1S/C25H25N5O3/c1-2-17(16-9-4-3-5-10-16)23(31)27-22-15-20(21-13-8-14-33-21)29-30(22)25-26-19-12-7-6-11-18(19)24(32)28-25/h3-5,8-10,13-15,17H,2,6-7,11-12H2,1H3,(H,27,31)(H,26,28,32). The quantitative estimate of drug-likeness (QED) is 0.464. The van der Waals surface area contributed by atoms with Crippen molar-refractivity contribution in [1.29, 1.82) is 0 Å². The van der Waals surface area contributed by atoms with Crippen LogP contribution in [-0.2, 0) is 17.6 Å². The van der Waals surface area contributed by atoms with Gasteiger partial charge in [-0.15, -0.1) is 0 Å². The Bertz CT molecular complexity index is 1320. The number of carbonyl (C=O) groups excluding carboxylic acids is 1. The molecular formula is C25H25N5O3. The maximum absolute atomic E-state index is 13.3. The number of anilines is 1. The van der Waals surface area contributed by atoms with Crippen molar-refractivity contribution in [3.63, 3.8) is 0 Å². The second kappa shape index (κ2) is 8.90. The van der Waals surface area contributed by atoms with Gasteiger partial charge in [0.2, 0.25) is 11.9 Å². The first kappa shape index (κ1) is 20.9. The third-order valence-corrected chi connectivity index (χ3v) is 6.04. The molecule has 1 unspecified atom stereocenters. The van der Waals surface area contributed by atoms with Crippen LogP contribution in [0.5, 0.6) is 0 Å². The van der Waals surface area contributed by atoms with Crippen LogP contribution in [0.2, 0.25) is 0 Å². The van der Waals surface area contributed by atoms with Crippen LogP contribution in [0.15, 0.2) is 64.0 Å². The molecule has 0 radical (unpaired) electrons. The van der Waals surface area contributed by atoms with E-state index in [2.05, 4.69) is 15.4 Å². The molecule has 5 rings (SSSR count). The first-order valence-corrected chi connectivity index (χ1v) is 11.3. The van der Waals surface area contributed by atoms with Gasteiger partial charge < -0.3 is 9.73 Å².